The second-order valence-electron chi connectivity index (χ2n) is 7.71. The van der Waals surface area contributed by atoms with Crippen molar-refractivity contribution in [2.24, 2.45) is 0 Å². The molecule has 34 heavy (non-hydrogen) atoms. The van der Waals surface area contributed by atoms with Gasteiger partial charge in [0.05, 0.1) is 39.9 Å². The number of sulfone groups is 1. The predicted octanol–water partition coefficient (Wildman–Crippen LogP) is 4.49. The van der Waals surface area contributed by atoms with Crippen LogP contribution in [0, 0.1) is 0 Å². The summed E-state index contributed by atoms with van der Waals surface area (Å²) in [5.74, 6) is 0.600. The van der Waals surface area contributed by atoms with Crippen LogP contribution in [0.3, 0.4) is 0 Å². The molecule has 0 atom stereocenters. The molecule has 2 heterocycles. The summed E-state index contributed by atoms with van der Waals surface area (Å²) in [5.41, 5.74) is 9.03. The topological polar surface area (TPSA) is 120 Å². The number of hydrogen-bond acceptors (Lipinski definition) is 8. The number of nitrogens with two attached hydrogens (primary N) is 1. The zero-order valence-corrected chi connectivity index (χ0v) is 19.1. The first-order valence-electron chi connectivity index (χ1n) is 10.5. The van der Waals surface area contributed by atoms with Crippen LogP contribution in [0.15, 0.2) is 83.9 Å². The van der Waals surface area contributed by atoms with E-state index in [-0.39, 0.29) is 16.3 Å². The van der Waals surface area contributed by atoms with Crippen LogP contribution < -0.4 is 15.8 Å². The number of pyridine rings is 1. The molecule has 0 bridgehead atoms. The third-order valence-corrected chi connectivity index (χ3v) is 6.98. The molecule has 3 aromatic carbocycles. The molecule has 3 N–H and O–H groups in total. The van der Waals surface area contributed by atoms with Gasteiger partial charge in [-0.3, -0.25) is 4.98 Å². The van der Waals surface area contributed by atoms with E-state index in [0.29, 0.717) is 39.5 Å². The molecule has 170 valence electrons. The Labute approximate surface area is 196 Å². The van der Waals surface area contributed by atoms with Gasteiger partial charge in [0.2, 0.25) is 0 Å². The fourth-order valence-electron chi connectivity index (χ4n) is 3.71. The predicted molar refractivity (Wildman–Crippen MR) is 133 cm³/mol. The first kappa shape index (κ1) is 21.6. The highest BCUT2D eigenvalue weighted by Gasteiger charge is 2.21. The van der Waals surface area contributed by atoms with E-state index in [9.17, 15) is 8.42 Å². The Bertz CT molecular complexity index is 1640. The van der Waals surface area contributed by atoms with E-state index in [2.05, 4.69) is 15.3 Å². The summed E-state index contributed by atoms with van der Waals surface area (Å²) in [6, 6.07) is 21.0. The SMILES string of the molecule is COc1cc(Nc2nc3ccccc3nc2CS(=O)(=O)c2cccc(N)c2)c2ncccc2c1. The van der Waals surface area contributed by atoms with Gasteiger partial charge in [0.15, 0.2) is 15.7 Å². The Balaban J connectivity index is 1.64. The van der Waals surface area contributed by atoms with Gasteiger partial charge in [-0.1, -0.05) is 24.3 Å². The minimum absolute atomic E-state index is 0.127. The van der Waals surface area contributed by atoms with Gasteiger partial charge >= 0.3 is 0 Å². The zero-order chi connectivity index (χ0) is 23.7. The van der Waals surface area contributed by atoms with E-state index in [1.165, 1.54) is 12.1 Å². The van der Waals surface area contributed by atoms with Crippen molar-refractivity contribution < 1.29 is 13.2 Å². The summed E-state index contributed by atoms with van der Waals surface area (Å²) in [5, 5.41) is 4.13. The van der Waals surface area contributed by atoms with Crippen molar-refractivity contribution in [1.82, 2.24) is 15.0 Å². The van der Waals surface area contributed by atoms with Crippen molar-refractivity contribution in [2.45, 2.75) is 10.6 Å². The second kappa shape index (κ2) is 8.60. The molecule has 8 nitrogen and oxygen atoms in total. The molecule has 0 saturated heterocycles. The fraction of sp³-hybridized carbons (Fsp3) is 0.0800. The number of fused-ring (bicyclic) bond motifs is 2. The van der Waals surface area contributed by atoms with Crippen LogP contribution in [0.4, 0.5) is 17.2 Å². The highest BCUT2D eigenvalue weighted by atomic mass is 32.2. The molecule has 0 unspecified atom stereocenters. The molecular formula is C25H21N5O3S. The van der Waals surface area contributed by atoms with Crippen molar-refractivity contribution >= 4 is 49.0 Å². The number of aromatic nitrogens is 3. The van der Waals surface area contributed by atoms with Gasteiger partial charge in [-0.05, 0) is 42.5 Å². The fourth-order valence-corrected chi connectivity index (χ4v) is 5.04. The molecule has 0 aliphatic carbocycles. The maximum Gasteiger partial charge on any atom is 0.184 e. The lowest BCUT2D eigenvalue weighted by Crippen LogP contribution is -2.11. The smallest absolute Gasteiger partial charge is 0.184 e. The van der Waals surface area contributed by atoms with E-state index in [4.69, 9.17) is 15.5 Å². The van der Waals surface area contributed by atoms with E-state index in [1.54, 1.807) is 37.6 Å². The van der Waals surface area contributed by atoms with Gasteiger partial charge < -0.3 is 15.8 Å². The van der Waals surface area contributed by atoms with Crippen molar-refractivity contribution in [3.63, 3.8) is 0 Å². The summed E-state index contributed by atoms with van der Waals surface area (Å²) in [6.07, 6.45) is 1.69. The lowest BCUT2D eigenvalue weighted by atomic mass is 10.1. The summed E-state index contributed by atoms with van der Waals surface area (Å²) in [6.45, 7) is 0. The molecule has 9 heteroatoms. The lowest BCUT2D eigenvalue weighted by molar-refractivity contribution is 0.415. The van der Waals surface area contributed by atoms with Crippen molar-refractivity contribution in [1.29, 1.82) is 0 Å². The molecule has 0 radical (unpaired) electrons. The third kappa shape index (κ3) is 4.20. The number of nitrogens with zero attached hydrogens (tertiary/aromatic N) is 3. The van der Waals surface area contributed by atoms with Gasteiger partial charge in [0.25, 0.3) is 0 Å². The van der Waals surface area contributed by atoms with Gasteiger partial charge in [-0.25, -0.2) is 18.4 Å². The van der Waals surface area contributed by atoms with E-state index in [0.717, 1.165) is 5.39 Å². The summed E-state index contributed by atoms with van der Waals surface area (Å²) >= 11 is 0. The molecule has 0 fully saturated rings. The zero-order valence-electron chi connectivity index (χ0n) is 18.3. The average Bonchev–Trinajstić information content (AvgIpc) is 2.84. The number of nitrogens with one attached hydrogen (secondary N) is 1. The third-order valence-electron chi connectivity index (χ3n) is 5.35. The summed E-state index contributed by atoms with van der Waals surface area (Å²) in [4.78, 5) is 13.9. The molecule has 0 saturated carbocycles. The average molecular weight is 472 g/mol. The van der Waals surface area contributed by atoms with Crippen molar-refractivity contribution in [3.8, 4) is 5.75 Å². The molecule has 5 aromatic rings. The normalized spacial score (nSPS) is 11.6. The Hall–Kier alpha value is -4.24. The van der Waals surface area contributed by atoms with E-state index < -0.39 is 9.84 Å². The van der Waals surface area contributed by atoms with E-state index >= 15 is 0 Å². The standard InChI is InChI=1S/C25H21N5O3S/c1-33-18-12-16-6-5-11-27-24(16)22(14-18)30-25-23(28-20-9-2-3-10-21(20)29-25)15-34(31,32)19-8-4-7-17(26)13-19/h2-14H,15,26H2,1H3,(H,29,30). The first-order chi connectivity index (χ1) is 16.4. The summed E-state index contributed by atoms with van der Waals surface area (Å²) in [7, 11) is -2.15. The van der Waals surface area contributed by atoms with Gasteiger partial charge in [0.1, 0.15) is 11.5 Å². The number of benzene rings is 3. The molecule has 0 aliphatic heterocycles. The van der Waals surface area contributed by atoms with Gasteiger partial charge in [-0.15, -0.1) is 0 Å². The number of nitrogen functional groups attached to an aromatic ring is 1. The Morgan fingerprint density at radius 2 is 1.74 bits per heavy atom. The van der Waals surface area contributed by atoms with Crippen LogP contribution in [0.25, 0.3) is 21.9 Å². The Morgan fingerprint density at radius 3 is 2.50 bits per heavy atom. The van der Waals surface area contributed by atoms with Crippen LogP contribution >= 0.6 is 0 Å². The van der Waals surface area contributed by atoms with Crippen LogP contribution in [-0.2, 0) is 15.6 Å². The first-order valence-corrected chi connectivity index (χ1v) is 12.1. The lowest BCUT2D eigenvalue weighted by Gasteiger charge is -2.15. The molecule has 0 spiro atoms. The van der Waals surface area contributed by atoms with Crippen molar-refractivity contribution in [2.75, 3.05) is 18.2 Å². The Kier molecular flexibility index (Phi) is 5.46. The summed E-state index contributed by atoms with van der Waals surface area (Å²) < 4.78 is 31.9. The molecule has 0 amide bonds. The second-order valence-corrected chi connectivity index (χ2v) is 9.70. The number of anilines is 3. The number of methoxy groups -OCH3 is 1. The molecular weight excluding hydrogens is 450 g/mol. The monoisotopic (exact) mass is 471 g/mol. The molecule has 0 aliphatic rings. The van der Waals surface area contributed by atoms with Crippen LogP contribution in [0.5, 0.6) is 5.75 Å². The Morgan fingerprint density at radius 1 is 0.941 bits per heavy atom. The van der Waals surface area contributed by atoms with Crippen LogP contribution in [0.2, 0.25) is 0 Å². The quantitative estimate of drug-likeness (QED) is 0.348. The minimum atomic E-state index is -3.74. The maximum atomic E-state index is 13.2. The van der Waals surface area contributed by atoms with Crippen molar-refractivity contribution in [3.05, 3.63) is 84.7 Å². The number of para-hydroxylation sites is 2. The van der Waals surface area contributed by atoms with Gasteiger partial charge in [0, 0.05) is 23.3 Å². The van der Waals surface area contributed by atoms with Crippen LogP contribution in [0.1, 0.15) is 5.69 Å². The van der Waals surface area contributed by atoms with E-state index in [1.807, 2.05) is 36.4 Å². The number of ether oxygens (including phenoxy) is 1. The molecule has 5 rings (SSSR count). The number of rotatable bonds is 6. The number of hydrogen-bond donors (Lipinski definition) is 2. The van der Waals surface area contributed by atoms with Gasteiger partial charge in [-0.2, -0.15) is 0 Å². The largest absolute Gasteiger partial charge is 0.497 e. The highest BCUT2D eigenvalue weighted by molar-refractivity contribution is 7.90. The van der Waals surface area contributed by atoms with Crippen LogP contribution in [-0.4, -0.2) is 30.5 Å². The minimum Gasteiger partial charge on any atom is -0.497 e. The molecule has 2 aromatic heterocycles. The maximum absolute atomic E-state index is 13.2. The highest BCUT2D eigenvalue weighted by Crippen LogP contribution is 2.32.